The zero-order valence-corrected chi connectivity index (χ0v) is 10.4. The van der Waals surface area contributed by atoms with Crippen molar-refractivity contribution in [2.75, 3.05) is 11.9 Å². The van der Waals surface area contributed by atoms with E-state index in [1.165, 1.54) is 0 Å². The largest absolute Gasteiger partial charge is 0.489 e. The fourth-order valence-electron chi connectivity index (χ4n) is 2.06. The molecule has 94 valence electrons. The number of ether oxygens (including phenoxy) is 1. The summed E-state index contributed by atoms with van der Waals surface area (Å²) in [5.41, 5.74) is 3.12. The van der Waals surface area contributed by atoms with Crippen molar-refractivity contribution in [1.82, 2.24) is 0 Å². The summed E-state index contributed by atoms with van der Waals surface area (Å²) in [5.74, 6) is 0.851. The summed E-state index contributed by atoms with van der Waals surface area (Å²) < 4.78 is 5.62. The Balaban J connectivity index is 2.36. The number of carbonyl (C=O) groups excluding carboxylic acids is 1. The summed E-state index contributed by atoms with van der Waals surface area (Å²) >= 11 is 0. The average molecular weight is 243 g/mol. The first kappa shape index (κ1) is 12.4. The van der Waals surface area contributed by atoms with Gasteiger partial charge in [0.25, 0.3) is 0 Å². The molecule has 0 unspecified atom stereocenters. The number of nitrogens with one attached hydrogen (secondary N) is 1. The lowest BCUT2D eigenvalue weighted by Gasteiger charge is -2.20. The van der Waals surface area contributed by atoms with Crippen LogP contribution in [0.1, 0.15) is 17.5 Å². The SMILES string of the molecule is C=CCOc1cc2c(cc1CC=C)CCC(=O)N2. The number of carbonyl (C=O) groups is 1. The van der Waals surface area contributed by atoms with Crippen molar-refractivity contribution < 1.29 is 9.53 Å². The van der Waals surface area contributed by atoms with Crippen LogP contribution in [-0.2, 0) is 17.6 Å². The van der Waals surface area contributed by atoms with E-state index in [-0.39, 0.29) is 5.91 Å². The predicted octanol–water partition coefficient (Wildman–Crippen LogP) is 2.86. The van der Waals surface area contributed by atoms with Gasteiger partial charge in [-0.15, -0.1) is 6.58 Å². The number of hydrogen-bond donors (Lipinski definition) is 1. The van der Waals surface area contributed by atoms with Gasteiger partial charge in [0.15, 0.2) is 0 Å². The van der Waals surface area contributed by atoms with Crippen molar-refractivity contribution in [2.24, 2.45) is 0 Å². The maximum atomic E-state index is 11.4. The van der Waals surface area contributed by atoms with Gasteiger partial charge in [-0.1, -0.05) is 18.7 Å². The average Bonchev–Trinajstić information content (AvgIpc) is 2.37. The molecule has 2 rings (SSSR count). The maximum absolute atomic E-state index is 11.4. The first-order valence-corrected chi connectivity index (χ1v) is 6.05. The predicted molar refractivity (Wildman–Crippen MR) is 73.0 cm³/mol. The summed E-state index contributed by atoms with van der Waals surface area (Å²) in [6, 6.07) is 3.99. The molecular formula is C15H17NO2. The highest BCUT2D eigenvalue weighted by Gasteiger charge is 2.17. The Kier molecular flexibility index (Phi) is 3.82. The van der Waals surface area contributed by atoms with Crippen LogP contribution in [0.3, 0.4) is 0 Å². The monoisotopic (exact) mass is 243 g/mol. The third kappa shape index (κ3) is 2.62. The summed E-state index contributed by atoms with van der Waals surface area (Å²) in [7, 11) is 0. The Morgan fingerprint density at radius 1 is 1.28 bits per heavy atom. The zero-order chi connectivity index (χ0) is 13.0. The molecule has 1 aliphatic heterocycles. The van der Waals surface area contributed by atoms with Crippen LogP contribution in [-0.4, -0.2) is 12.5 Å². The standard InChI is InChI=1S/C15H17NO2/c1-3-5-12-9-11-6-7-15(17)16-13(11)10-14(12)18-8-4-2/h3-4,9-10H,1-2,5-8H2,(H,16,17). The van der Waals surface area contributed by atoms with Gasteiger partial charge in [-0.05, 0) is 30.0 Å². The Morgan fingerprint density at radius 3 is 2.83 bits per heavy atom. The van der Waals surface area contributed by atoms with Gasteiger partial charge in [0.05, 0.1) is 0 Å². The van der Waals surface area contributed by atoms with Gasteiger partial charge in [0, 0.05) is 18.2 Å². The van der Waals surface area contributed by atoms with Gasteiger partial charge in [-0.2, -0.15) is 0 Å². The first-order valence-electron chi connectivity index (χ1n) is 6.05. The minimum Gasteiger partial charge on any atom is -0.489 e. The molecular weight excluding hydrogens is 226 g/mol. The van der Waals surface area contributed by atoms with Crippen LogP contribution in [0.25, 0.3) is 0 Å². The van der Waals surface area contributed by atoms with E-state index >= 15 is 0 Å². The smallest absolute Gasteiger partial charge is 0.224 e. The van der Waals surface area contributed by atoms with Gasteiger partial charge in [-0.3, -0.25) is 4.79 Å². The van der Waals surface area contributed by atoms with Crippen LogP contribution >= 0.6 is 0 Å². The third-order valence-electron chi connectivity index (χ3n) is 2.90. The Hall–Kier alpha value is -2.03. The van der Waals surface area contributed by atoms with Gasteiger partial charge in [0.2, 0.25) is 5.91 Å². The topological polar surface area (TPSA) is 38.3 Å². The van der Waals surface area contributed by atoms with Crippen LogP contribution in [0.5, 0.6) is 5.75 Å². The Labute approximate surface area is 107 Å². The number of fused-ring (bicyclic) bond motifs is 1. The molecule has 1 amide bonds. The highest BCUT2D eigenvalue weighted by molar-refractivity contribution is 5.94. The molecule has 0 spiro atoms. The van der Waals surface area contributed by atoms with E-state index < -0.39 is 0 Å². The van der Waals surface area contributed by atoms with Crippen molar-refractivity contribution in [3.8, 4) is 5.75 Å². The van der Waals surface area contributed by atoms with Crippen LogP contribution in [0.4, 0.5) is 5.69 Å². The summed E-state index contributed by atoms with van der Waals surface area (Å²) in [6.07, 6.45) is 5.65. The number of hydrogen-bond acceptors (Lipinski definition) is 2. The molecule has 18 heavy (non-hydrogen) atoms. The fourth-order valence-corrected chi connectivity index (χ4v) is 2.06. The van der Waals surface area contributed by atoms with Crippen LogP contribution in [0.15, 0.2) is 37.4 Å². The second-order valence-corrected chi connectivity index (χ2v) is 4.26. The molecule has 0 atom stereocenters. The highest BCUT2D eigenvalue weighted by Crippen LogP contribution is 2.31. The number of anilines is 1. The molecule has 0 fully saturated rings. The van der Waals surface area contributed by atoms with Crippen molar-refractivity contribution in [3.05, 3.63) is 48.6 Å². The van der Waals surface area contributed by atoms with Gasteiger partial charge in [-0.25, -0.2) is 0 Å². The highest BCUT2D eigenvalue weighted by atomic mass is 16.5. The quantitative estimate of drug-likeness (QED) is 0.807. The molecule has 1 N–H and O–H groups in total. The van der Waals surface area contributed by atoms with Crippen LogP contribution < -0.4 is 10.1 Å². The third-order valence-corrected chi connectivity index (χ3v) is 2.90. The lowest BCUT2D eigenvalue weighted by molar-refractivity contribution is -0.116. The van der Waals surface area contributed by atoms with E-state index in [1.807, 2.05) is 12.1 Å². The number of benzene rings is 1. The van der Waals surface area contributed by atoms with Crippen LogP contribution in [0, 0.1) is 0 Å². The number of amides is 1. The lowest BCUT2D eigenvalue weighted by Crippen LogP contribution is -2.19. The minimum absolute atomic E-state index is 0.0636. The summed E-state index contributed by atoms with van der Waals surface area (Å²) in [5, 5.41) is 2.88. The Morgan fingerprint density at radius 2 is 2.11 bits per heavy atom. The van der Waals surface area contributed by atoms with Crippen molar-refractivity contribution in [2.45, 2.75) is 19.3 Å². The molecule has 3 heteroatoms. The fraction of sp³-hybridized carbons (Fsp3) is 0.267. The molecule has 1 aliphatic rings. The van der Waals surface area contributed by atoms with Crippen LogP contribution in [0.2, 0.25) is 0 Å². The normalized spacial score (nSPS) is 13.4. The maximum Gasteiger partial charge on any atom is 0.224 e. The van der Waals surface area contributed by atoms with Gasteiger partial charge < -0.3 is 10.1 Å². The van der Waals surface area contributed by atoms with Gasteiger partial charge in [0.1, 0.15) is 12.4 Å². The number of rotatable bonds is 5. The summed E-state index contributed by atoms with van der Waals surface area (Å²) in [6.45, 7) is 7.85. The molecule has 0 saturated carbocycles. The van der Waals surface area contributed by atoms with E-state index in [2.05, 4.69) is 24.5 Å². The Bertz CT molecular complexity index is 492. The van der Waals surface area contributed by atoms with E-state index in [9.17, 15) is 4.79 Å². The molecule has 0 saturated heterocycles. The van der Waals surface area contributed by atoms with Gasteiger partial charge >= 0.3 is 0 Å². The van der Waals surface area contributed by atoms with Crippen molar-refractivity contribution >= 4 is 11.6 Å². The van der Waals surface area contributed by atoms with E-state index in [4.69, 9.17) is 4.74 Å². The van der Waals surface area contributed by atoms with Crippen molar-refractivity contribution in [1.29, 1.82) is 0 Å². The van der Waals surface area contributed by atoms with E-state index in [0.29, 0.717) is 13.0 Å². The summed E-state index contributed by atoms with van der Waals surface area (Å²) in [4.78, 5) is 11.4. The number of allylic oxidation sites excluding steroid dienone is 1. The molecule has 0 bridgehead atoms. The van der Waals surface area contributed by atoms with Crippen molar-refractivity contribution in [3.63, 3.8) is 0 Å². The molecule has 0 radical (unpaired) electrons. The molecule has 1 heterocycles. The molecule has 0 aromatic heterocycles. The molecule has 3 nitrogen and oxygen atoms in total. The molecule has 1 aromatic rings. The van der Waals surface area contributed by atoms with E-state index in [1.54, 1.807) is 6.08 Å². The molecule has 1 aromatic carbocycles. The minimum atomic E-state index is 0.0636. The second kappa shape index (κ2) is 5.54. The van der Waals surface area contributed by atoms with E-state index in [0.717, 1.165) is 35.4 Å². The first-order chi connectivity index (χ1) is 8.74. The number of aryl methyl sites for hydroxylation is 1. The lowest BCUT2D eigenvalue weighted by atomic mass is 9.98. The second-order valence-electron chi connectivity index (χ2n) is 4.26. The molecule has 0 aliphatic carbocycles. The zero-order valence-electron chi connectivity index (χ0n) is 10.4.